The van der Waals surface area contributed by atoms with Gasteiger partial charge in [-0.25, -0.2) is 0 Å². The molecule has 0 aromatic rings. The van der Waals surface area contributed by atoms with Crippen molar-refractivity contribution < 1.29 is 4.79 Å². The minimum absolute atomic E-state index is 0.296. The molecule has 0 aliphatic heterocycles. The van der Waals surface area contributed by atoms with Crippen LogP contribution in [0.4, 0.5) is 0 Å². The molecule has 1 heteroatoms. The summed E-state index contributed by atoms with van der Waals surface area (Å²) < 4.78 is 0. The first-order chi connectivity index (χ1) is 4.33. The summed E-state index contributed by atoms with van der Waals surface area (Å²) in [6, 6.07) is 0. The van der Waals surface area contributed by atoms with Crippen LogP contribution < -0.4 is 0 Å². The van der Waals surface area contributed by atoms with Gasteiger partial charge in [0, 0.05) is 5.92 Å². The first-order valence-corrected chi connectivity index (χ1v) is 3.45. The normalized spacial score (nSPS) is 34.3. The van der Waals surface area contributed by atoms with Crippen LogP contribution in [0.3, 0.4) is 0 Å². The topological polar surface area (TPSA) is 17.1 Å². The fraction of sp³-hybridized carbons (Fsp3) is 0.625. The lowest BCUT2D eigenvalue weighted by molar-refractivity contribution is -0.111. The second kappa shape index (κ2) is 2.81. The molecule has 0 spiro atoms. The maximum atomic E-state index is 10.3. The van der Waals surface area contributed by atoms with Crippen LogP contribution in [-0.2, 0) is 4.79 Å². The molecule has 9 heavy (non-hydrogen) atoms. The highest BCUT2D eigenvalue weighted by Crippen LogP contribution is 2.20. The quantitative estimate of drug-likeness (QED) is 0.384. The minimum Gasteiger partial charge on any atom is -0.303 e. The average molecular weight is 124 g/mol. The van der Waals surface area contributed by atoms with E-state index in [-0.39, 0.29) is 0 Å². The molecule has 1 aliphatic rings. The zero-order chi connectivity index (χ0) is 6.69. The van der Waals surface area contributed by atoms with Crippen LogP contribution in [0.2, 0.25) is 0 Å². The third-order valence-corrected chi connectivity index (χ3v) is 1.77. The highest BCUT2D eigenvalue weighted by molar-refractivity contribution is 5.54. The molecule has 0 fully saturated rings. The monoisotopic (exact) mass is 124 g/mol. The van der Waals surface area contributed by atoms with Crippen molar-refractivity contribution in [3.05, 3.63) is 12.2 Å². The summed E-state index contributed by atoms with van der Waals surface area (Å²) in [5, 5.41) is 0. The number of hydrogen-bond acceptors (Lipinski definition) is 1. The molecule has 1 nitrogen and oxygen atoms in total. The predicted molar refractivity (Wildman–Crippen MR) is 37.1 cm³/mol. The summed E-state index contributed by atoms with van der Waals surface area (Å²) in [4.78, 5) is 10.3. The minimum atomic E-state index is 0.296. The number of carbonyl (C=O) groups is 1. The molecule has 0 radical (unpaired) electrons. The first kappa shape index (κ1) is 6.53. The molecular weight excluding hydrogens is 112 g/mol. The maximum Gasteiger partial charge on any atom is 0.123 e. The van der Waals surface area contributed by atoms with Crippen molar-refractivity contribution in [3.8, 4) is 0 Å². The molecule has 0 heterocycles. The van der Waals surface area contributed by atoms with E-state index in [4.69, 9.17) is 0 Å². The summed E-state index contributed by atoms with van der Waals surface area (Å²) in [7, 11) is 0. The van der Waals surface area contributed by atoms with Crippen LogP contribution in [0.15, 0.2) is 12.2 Å². The van der Waals surface area contributed by atoms with Gasteiger partial charge in [0.25, 0.3) is 0 Å². The summed E-state index contributed by atoms with van der Waals surface area (Å²) in [5.74, 6) is 0.902. The van der Waals surface area contributed by atoms with Crippen LogP contribution in [-0.4, -0.2) is 6.29 Å². The van der Waals surface area contributed by atoms with E-state index in [1.54, 1.807) is 0 Å². The number of rotatable bonds is 1. The SMILES string of the molecule is C[C@@H]1C=CCC(C=O)C1. The zero-order valence-corrected chi connectivity index (χ0v) is 5.71. The molecule has 1 unspecified atom stereocenters. The Morgan fingerprint density at radius 3 is 2.89 bits per heavy atom. The summed E-state index contributed by atoms with van der Waals surface area (Å²) >= 11 is 0. The van der Waals surface area contributed by atoms with Gasteiger partial charge in [0.1, 0.15) is 6.29 Å². The summed E-state index contributed by atoms with van der Waals surface area (Å²) in [5.41, 5.74) is 0. The van der Waals surface area contributed by atoms with Crippen LogP contribution in [0.25, 0.3) is 0 Å². The largest absolute Gasteiger partial charge is 0.303 e. The van der Waals surface area contributed by atoms with Gasteiger partial charge in [-0.3, -0.25) is 0 Å². The van der Waals surface area contributed by atoms with Gasteiger partial charge in [-0.05, 0) is 18.8 Å². The maximum absolute atomic E-state index is 10.3. The number of allylic oxidation sites excluding steroid dienone is 2. The van der Waals surface area contributed by atoms with Gasteiger partial charge >= 0.3 is 0 Å². The van der Waals surface area contributed by atoms with Crippen molar-refractivity contribution >= 4 is 6.29 Å². The molecule has 2 atom stereocenters. The third kappa shape index (κ3) is 1.67. The molecule has 0 saturated heterocycles. The Bertz CT molecular complexity index is 127. The van der Waals surface area contributed by atoms with Crippen molar-refractivity contribution in [3.63, 3.8) is 0 Å². The van der Waals surface area contributed by atoms with E-state index >= 15 is 0 Å². The van der Waals surface area contributed by atoms with Crippen LogP contribution in [0.1, 0.15) is 19.8 Å². The highest BCUT2D eigenvalue weighted by atomic mass is 16.1. The lowest BCUT2D eigenvalue weighted by atomic mass is 9.89. The average Bonchev–Trinajstić information content (AvgIpc) is 1.88. The Balaban J connectivity index is 2.46. The molecule has 0 aromatic carbocycles. The molecule has 1 aliphatic carbocycles. The Hall–Kier alpha value is -0.590. The van der Waals surface area contributed by atoms with E-state index in [1.165, 1.54) is 0 Å². The van der Waals surface area contributed by atoms with Gasteiger partial charge in [0.2, 0.25) is 0 Å². The molecular formula is C8H12O. The van der Waals surface area contributed by atoms with Gasteiger partial charge in [0.15, 0.2) is 0 Å². The zero-order valence-electron chi connectivity index (χ0n) is 5.71. The number of aldehydes is 1. The molecule has 0 N–H and O–H groups in total. The highest BCUT2D eigenvalue weighted by Gasteiger charge is 2.12. The molecule has 0 saturated carbocycles. The van der Waals surface area contributed by atoms with Crippen molar-refractivity contribution in [2.75, 3.05) is 0 Å². The molecule has 0 amide bonds. The second-order valence-corrected chi connectivity index (χ2v) is 2.77. The van der Waals surface area contributed by atoms with Crippen LogP contribution >= 0.6 is 0 Å². The Kier molecular flexibility index (Phi) is 2.04. The van der Waals surface area contributed by atoms with Gasteiger partial charge in [-0.15, -0.1) is 0 Å². The van der Waals surface area contributed by atoms with E-state index < -0.39 is 0 Å². The summed E-state index contributed by atoms with van der Waals surface area (Å²) in [6.45, 7) is 2.14. The lowest BCUT2D eigenvalue weighted by Crippen LogP contribution is -2.09. The van der Waals surface area contributed by atoms with Crippen molar-refractivity contribution in [1.29, 1.82) is 0 Å². The molecule has 1 rings (SSSR count). The van der Waals surface area contributed by atoms with Crippen LogP contribution in [0, 0.1) is 11.8 Å². The Labute approximate surface area is 55.8 Å². The van der Waals surface area contributed by atoms with Gasteiger partial charge in [-0.1, -0.05) is 19.1 Å². The standard InChI is InChI=1S/C8H12O/c1-7-3-2-4-8(5-7)6-9/h2-3,6-8H,4-5H2,1H3/t7-,8?/m1/s1. The van der Waals surface area contributed by atoms with Crippen molar-refractivity contribution in [2.24, 2.45) is 11.8 Å². The van der Waals surface area contributed by atoms with Gasteiger partial charge in [-0.2, -0.15) is 0 Å². The summed E-state index contributed by atoms with van der Waals surface area (Å²) in [6.07, 6.45) is 7.35. The third-order valence-electron chi connectivity index (χ3n) is 1.77. The lowest BCUT2D eigenvalue weighted by Gasteiger charge is -2.15. The second-order valence-electron chi connectivity index (χ2n) is 2.77. The molecule has 50 valence electrons. The smallest absolute Gasteiger partial charge is 0.123 e. The van der Waals surface area contributed by atoms with Gasteiger partial charge < -0.3 is 4.79 Å². The predicted octanol–water partition coefficient (Wildman–Crippen LogP) is 1.79. The van der Waals surface area contributed by atoms with Crippen molar-refractivity contribution in [1.82, 2.24) is 0 Å². The van der Waals surface area contributed by atoms with E-state index in [0.29, 0.717) is 11.8 Å². The Morgan fingerprint density at radius 2 is 2.44 bits per heavy atom. The van der Waals surface area contributed by atoms with E-state index in [0.717, 1.165) is 19.1 Å². The number of hydrogen-bond donors (Lipinski definition) is 0. The van der Waals surface area contributed by atoms with Gasteiger partial charge in [0.05, 0.1) is 0 Å². The van der Waals surface area contributed by atoms with E-state index in [2.05, 4.69) is 19.1 Å². The number of carbonyl (C=O) groups excluding carboxylic acids is 1. The molecule has 0 aromatic heterocycles. The van der Waals surface area contributed by atoms with Crippen LogP contribution in [0.5, 0.6) is 0 Å². The van der Waals surface area contributed by atoms with Crippen molar-refractivity contribution in [2.45, 2.75) is 19.8 Å². The van der Waals surface area contributed by atoms with E-state index in [9.17, 15) is 4.79 Å². The van der Waals surface area contributed by atoms with E-state index in [1.807, 2.05) is 0 Å². The molecule has 0 bridgehead atoms. The first-order valence-electron chi connectivity index (χ1n) is 3.45. The Morgan fingerprint density at radius 1 is 1.67 bits per heavy atom. The fourth-order valence-electron chi connectivity index (χ4n) is 1.25. The fourth-order valence-corrected chi connectivity index (χ4v) is 1.25.